The average Bonchev–Trinajstić information content (AvgIpc) is 3.35. The number of fused-ring (bicyclic) bond motifs is 6. The minimum Gasteiger partial charge on any atom is -0.309 e. The largest absolute Gasteiger partial charge is 0.309 e. The Morgan fingerprint density at radius 2 is 1.17 bits per heavy atom. The molecular weight excluding hydrogens is 422 g/mol. The Labute approximate surface area is 206 Å². The number of nitrogens with zero attached hydrogens (tertiary/aromatic N) is 1. The van der Waals surface area contributed by atoms with Crippen LogP contribution in [0.2, 0.25) is 0 Å². The second kappa shape index (κ2) is 7.45. The van der Waals surface area contributed by atoms with Gasteiger partial charge in [-0.3, -0.25) is 0 Å². The van der Waals surface area contributed by atoms with E-state index >= 15 is 0 Å². The first kappa shape index (κ1) is 20.3. The van der Waals surface area contributed by atoms with E-state index in [1.807, 2.05) is 0 Å². The molecule has 0 saturated heterocycles. The predicted octanol–water partition coefficient (Wildman–Crippen LogP) is 8.68. The Bertz CT molecular complexity index is 1680. The highest BCUT2D eigenvalue weighted by atomic mass is 15.0. The number of aromatic nitrogens is 1. The highest BCUT2D eigenvalue weighted by Gasteiger charge is 2.36. The van der Waals surface area contributed by atoms with Crippen LogP contribution in [0.25, 0.3) is 38.6 Å². The monoisotopic (exact) mass is 449 g/mol. The van der Waals surface area contributed by atoms with Crippen molar-refractivity contribution in [3.8, 4) is 16.8 Å². The molecule has 1 nitrogen and oxygen atoms in total. The maximum Gasteiger partial charge on any atom is 0.0541 e. The van der Waals surface area contributed by atoms with Gasteiger partial charge < -0.3 is 4.57 Å². The highest BCUT2D eigenvalue weighted by Crippen LogP contribution is 2.50. The summed E-state index contributed by atoms with van der Waals surface area (Å²) in [5, 5.41) is 2.60. The molecule has 0 saturated carbocycles. The number of rotatable bonds is 3. The molecule has 0 unspecified atom stereocenters. The summed E-state index contributed by atoms with van der Waals surface area (Å²) in [5.41, 5.74) is 12.2. The van der Waals surface area contributed by atoms with Gasteiger partial charge >= 0.3 is 0 Å². The summed E-state index contributed by atoms with van der Waals surface area (Å²) in [6.45, 7) is 4.70. The van der Waals surface area contributed by atoms with E-state index < -0.39 is 0 Å². The molecule has 0 spiro atoms. The van der Waals surface area contributed by atoms with Crippen molar-refractivity contribution in [1.82, 2.24) is 4.57 Å². The van der Waals surface area contributed by atoms with Crippen LogP contribution in [0.1, 0.15) is 36.1 Å². The third kappa shape index (κ3) is 2.94. The van der Waals surface area contributed by atoms with Gasteiger partial charge in [0, 0.05) is 21.9 Å². The summed E-state index contributed by atoms with van der Waals surface area (Å²) >= 11 is 0. The van der Waals surface area contributed by atoms with Crippen molar-refractivity contribution in [3.05, 3.63) is 138 Å². The van der Waals surface area contributed by atoms with Gasteiger partial charge in [0.15, 0.2) is 0 Å². The van der Waals surface area contributed by atoms with Gasteiger partial charge in [0.05, 0.1) is 11.0 Å². The number of hydrogen-bond donors (Lipinski definition) is 0. The van der Waals surface area contributed by atoms with Crippen LogP contribution < -0.4 is 0 Å². The molecule has 1 heterocycles. The second-order valence-electron chi connectivity index (χ2n) is 10.2. The molecular formula is C34H27N. The first-order chi connectivity index (χ1) is 17.1. The summed E-state index contributed by atoms with van der Waals surface area (Å²) in [7, 11) is 0. The third-order valence-corrected chi connectivity index (χ3v) is 7.86. The topological polar surface area (TPSA) is 4.93 Å². The van der Waals surface area contributed by atoms with Gasteiger partial charge in [-0.1, -0.05) is 105 Å². The van der Waals surface area contributed by atoms with Crippen LogP contribution >= 0.6 is 0 Å². The maximum atomic E-state index is 2.38. The van der Waals surface area contributed by atoms with Gasteiger partial charge in [0.2, 0.25) is 0 Å². The van der Waals surface area contributed by atoms with E-state index in [0.717, 1.165) is 6.42 Å². The second-order valence-corrected chi connectivity index (χ2v) is 10.2. The van der Waals surface area contributed by atoms with E-state index in [2.05, 4.69) is 134 Å². The highest BCUT2D eigenvalue weighted by molar-refractivity contribution is 6.09. The quantitative estimate of drug-likeness (QED) is 0.255. The Balaban J connectivity index is 1.30. The molecule has 0 fully saturated rings. The van der Waals surface area contributed by atoms with Crippen molar-refractivity contribution in [3.63, 3.8) is 0 Å². The lowest BCUT2D eigenvalue weighted by Crippen LogP contribution is -2.14. The molecule has 6 aromatic rings. The average molecular weight is 450 g/mol. The fourth-order valence-corrected chi connectivity index (χ4v) is 6.16. The maximum absolute atomic E-state index is 2.38. The van der Waals surface area contributed by atoms with Crippen LogP contribution in [0.5, 0.6) is 0 Å². The van der Waals surface area contributed by atoms with Crippen molar-refractivity contribution >= 4 is 21.8 Å². The van der Waals surface area contributed by atoms with Crippen LogP contribution in [0.15, 0.2) is 115 Å². The molecule has 168 valence electrons. The van der Waals surface area contributed by atoms with E-state index in [-0.39, 0.29) is 5.41 Å². The first-order valence-corrected chi connectivity index (χ1v) is 12.4. The lowest BCUT2D eigenvalue weighted by molar-refractivity contribution is 0.660. The lowest BCUT2D eigenvalue weighted by atomic mass is 9.82. The SMILES string of the molecule is CC1(C)c2ccccc2-c2c(Cc3ccc(-n4c5ccccc5c5ccccc54)cc3)cccc21. The van der Waals surface area contributed by atoms with Crippen molar-refractivity contribution in [2.24, 2.45) is 0 Å². The van der Waals surface area contributed by atoms with E-state index in [1.165, 1.54) is 60.9 Å². The number of hydrogen-bond acceptors (Lipinski definition) is 0. The first-order valence-electron chi connectivity index (χ1n) is 12.4. The van der Waals surface area contributed by atoms with Crippen molar-refractivity contribution in [2.75, 3.05) is 0 Å². The van der Waals surface area contributed by atoms with E-state index in [4.69, 9.17) is 0 Å². The van der Waals surface area contributed by atoms with Gasteiger partial charge in [-0.15, -0.1) is 0 Å². The van der Waals surface area contributed by atoms with Crippen molar-refractivity contribution in [1.29, 1.82) is 0 Å². The Morgan fingerprint density at radius 3 is 1.89 bits per heavy atom. The normalized spacial score (nSPS) is 13.8. The van der Waals surface area contributed by atoms with E-state index in [9.17, 15) is 0 Å². The molecule has 0 atom stereocenters. The Kier molecular flexibility index (Phi) is 4.32. The molecule has 35 heavy (non-hydrogen) atoms. The minimum atomic E-state index is 0.0440. The number of benzene rings is 5. The van der Waals surface area contributed by atoms with Crippen LogP contribution in [0.3, 0.4) is 0 Å². The summed E-state index contributed by atoms with van der Waals surface area (Å²) in [4.78, 5) is 0. The van der Waals surface area contributed by atoms with Gasteiger partial charge in [0.1, 0.15) is 0 Å². The van der Waals surface area contributed by atoms with Crippen molar-refractivity contribution in [2.45, 2.75) is 25.7 Å². The van der Waals surface area contributed by atoms with Crippen LogP contribution in [0.4, 0.5) is 0 Å². The lowest BCUT2D eigenvalue weighted by Gasteiger charge is -2.21. The Morgan fingerprint density at radius 1 is 0.571 bits per heavy atom. The van der Waals surface area contributed by atoms with Crippen LogP contribution in [-0.2, 0) is 11.8 Å². The predicted molar refractivity (Wildman–Crippen MR) is 148 cm³/mol. The van der Waals surface area contributed by atoms with Gasteiger partial charge in [0.25, 0.3) is 0 Å². The van der Waals surface area contributed by atoms with Crippen molar-refractivity contribution < 1.29 is 0 Å². The molecule has 0 amide bonds. The molecule has 1 aliphatic carbocycles. The molecule has 0 aliphatic heterocycles. The van der Waals surface area contributed by atoms with Gasteiger partial charge in [-0.2, -0.15) is 0 Å². The molecule has 1 aliphatic rings. The fraction of sp³-hybridized carbons (Fsp3) is 0.118. The molecule has 1 aromatic heterocycles. The minimum absolute atomic E-state index is 0.0440. The molecule has 1 heteroatoms. The summed E-state index contributed by atoms with van der Waals surface area (Å²) in [6.07, 6.45) is 0.932. The molecule has 0 bridgehead atoms. The summed E-state index contributed by atoms with van der Waals surface area (Å²) < 4.78 is 2.38. The molecule has 0 N–H and O–H groups in total. The van der Waals surface area contributed by atoms with Gasteiger partial charge in [-0.05, 0) is 64.1 Å². The van der Waals surface area contributed by atoms with E-state index in [1.54, 1.807) is 0 Å². The fourth-order valence-electron chi connectivity index (χ4n) is 6.16. The van der Waals surface area contributed by atoms with Crippen LogP contribution in [-0.4, -0.2) is 4.57 Å². The van der Waals surface area contributed by atoms with Gasteiger partial charge in [-0.25, -0.2) is 0 Å². The van der Waals surface area contributed by atoms with E-state index in [0.29, 0.717) is 0 Å². The summed E-state index contributed by atoms with van der Waals surface area (Å²) in [6, 6.07) is 42.3. The third-order valence-electron chi connectivity index (χ3n) is 7.86. The molecule has 7 rings (SSSR count). The Hall–Kier alpha value is -4.10. The standard InChI is InChI=1S/C34H27N/c1-34(2)29-14-6-3-13-28(29)33-24(10-9-15-30(33)34)22-23-18-20-25(21-19-23)35-31-16-7-4-11-26(31)27-12-5-8-17-32(27)35/h3-21H,22H2,1-2H3. The van der Waals surface area contributed by atoms with Crippen LogP contribution in [0, 0.1) is 0 Å². The molecule has 0 radical (unpaired) electrons. The zero-order valence-corrected chi connectivity index (χ0v) is 20.1. The smallest absolute Gasteiger partial charge is 0.0541 e. The zero-order chi connectivity index (χ0) is 23.6. The molecule has 5 aromatic carbocycles. The number of para-hydroxylation sites is 2. The summed E-state index contributed by atoms with van der Waals surface area (Å²) in [5.74, 6) is 0. The zero-order valence-electron chi connectivity index (χ0n) is 20.1.